The third kappa shape index (κ3) is 1.56. The Morgan fingerprint density at radius 3 is 2.63 bits per heavy atom. The lowest BCUT2D eigenvalue weighted by molar-refractivity contribution is -0.532. The SMILES string of the molecule is O=C1N(c2ccccc2)N=C2CCCCC12[N+](=O)[O-]. The predicted molar refractivity (Wildman–Crippen MR) is 69.6 cm³/mol. The molecule has 1 aliphatic heterocycles. The summed E-state index contributed by atoms with van der Waals surface area (Å²) in [6.45, 7) is 0. The Balaban J connectivity index is 2.06. The molecule has 0 spiro atoms. The molecule has 1 aliphatic carbocycles. The van der Waals surface area contributed by atoms with Crippen LogP contribution in [0.1, 0.15) is 25.7 Å². The fraction of sp³-hybridized carbons (Fsp3) is 0.385. The van der Waals surface area contributed by atoms with Gasteiger partial charge in [0.15, 0.2) is 0 Å². The van der Waals surface area contributed by atoms with E-state index in [1.165, 1.54) is 5.01 Å². The van der Waals surface area contributed by atoms with E-state index in [0.717, 1.165) is 6.42 Å². The van der Waals surface area contributed by atoms with Crippen molar-refractivity contribution in [2.24, 2.45) is 5.10 Å². The average Bonchev–Trinajstić information content (AvgIpc) is 2.75. The lowest BCUT2D eigenvalue weighted by Gasteiger charge is -2.24. The molecule has 0 aromatic heterocycles. The lowest BCUT2D eigenvalue weighted by Crippen LogP contribution is -2.54. The fourth-order valence-corrected chi connectivity index (χ4v) is 2.75. The van der Waals surface area contributed by atoms with E-state index in [1.54, 1.807) is 24.3 Å². The van der Waals surface area contributed by atoms with E-state index in [4.69, 9.17) is 0 Å². The molecule has 1 aromatic carbocycles. The Labute approximate surface area is 109 Å². The number of fused-ring (bicyclic) bond motifs is 1. The Kier molecular flexibility index (Phi) is 2.58. The molecule has 0 radical (unpaired) electrons. The first-order valence-electron chi connectivity index (χ1n) is 6.28. The minimum Gasteiger partial charge on any atom is -0.264 e. The molecule has 98 valence electrons. The number of amides is 1. The summed E-state index contributed by atoms with van der Waals surface area (Å²) >= 11 is 0. The lowest BCUT2D eigenvalue weighted by atomic mass is 9.80. The molecule has 6 heteroatoms. The van der Waals surface area contributed by atoms with Gasteiger partial charge >= 0.3 is 11.4 Å². The number of nitrogens with zero attached hydrogens (tertiary/aromatic N) is 3. The Bertz CT molecular complexity index is 570. The number of hydrogen-bond donors (Lipinski definition) is 0. The molecule has 6 nitrogen and oxygen atoms in total. The van der Waals surface area contributed by atoms with Gasteiger partial charge in [0.05, 0.1) is 5.69 Å². The molecule has 0 N–H and O–H groups in total. The number of benzene rings is 1. The highest BCUT2D eigenvalue weighted by Crippen LogP contribution is 2.37. The first-order chi connectivity index (χ1) is 9.16. The largest absolute Gasteiger partial charge is 0.340 e. The van der Waals surface area contributed by atoms with Crippen LogP contribution in [0.2, 0.25) is 0 Å². The van der Waals surface area contributed by atoms with Crippen molar-refractivity contribution >= 4 is 17.3 Å². The van der Waals surface area contributed by atoms with Crippen LogP contribution in [0.3, 0.4) is 0 Å². The summed E-state index contributed by atoms with van der Waals surface area (Å²) in [6, 6.07) is 8.85. The van der Waals surface area contributed by atoms with Gasteiger partial charge in [0, 0.05) is 11.3 Å². The minimum absolute atomic E-state index is 0.251. The second kappa shape index (κ2) is 4.15. The molecule has 0 saturated heterocycles. The topological polar surface area (TPSA) is 75.8 Å². The molecule has 1 aromatic rings. The number of rotatable bonds is 2. The van der Waals surface area contributed by atoms with Gasteiger partial charge in [-0.2, -0.15) is 10.1 Å². The zero-order chi connectivity index (χ0) is 13.5. The van der Waals surface area contributed by atoms with Gasteiger partial charge in [-0.3, -0.25) is 14.9 Å². The van der Waals surface area contributed by atoms with E-state index in [-0.39, 0.29) is 6.42 Å². The van der Waals surface area contributed by atoms with Gasteiger partial charge in [-0.1, -0.05) is 18.2 Å². The quantitative estimate of drug-likeness (QED) is 0.602. The number of hydrazone groups is 1. The van der Waals surface area contributed by atoms with Crippen molar-refractivity contribution in [3.8, 4) is 0 Å². The number of nitro groups is 1. The van der Waals surface area contributed by atoms with E-state index in [2.05, 4.69) is 5.10 Å². The van der Waals surface area contributed by atoms with Gasteiger partial charge in [0.2, 0.25) is 0 Å². The highest BCUT2D eigenvalue weighted by molar-refractivity contribution is 6.22. The molecule has 19 heavy (non-hydrogen) atoms. The van der Waals surface area contributed by atoms with Crippen LogP contribution in [0.15, 0.2) is 35.4 Å². The zero-order valence-electron chi connectivity index (χ0n) is 10.3. The molecule has 1 amide bonds. The molecule has 1 heterocycles. The molecule has 1 unspecified atom stereocenters. The second-order valence-electron chi connectivity index (χ2n) is 4.82. The van der Waals surface area contributed by atoms with E-state index in [0.29, 0.717) is 24.2 Å². The van der Waals surface area contributed by atoms with Crippen LogP contribution in [0.4, 0.5) is 5.69 Å². The molecule has 1 fully saturated rings. The van der Waals surface area contributed by atoms with E-state index in [9.17, 15) is 14.9 Å². The third-order valence-corrected chi connectivity index (χ3v) is 3.76. The number of carbonyl (C=O) groups is 1. The Morgan fingerprint density at radius 1 is 1.26 bits per heavy atom. The summed E-state index contributed by atoms with van der Waals surface area (Å²) in [5.74, 6) is -0.529. The number of anilines is 1. The van der Waals surface area contributed by atoms with Crippen LogP contribution in [-0.2, 0) is 4.79 Å². The van der Waals surface area contributed by atoms with Crippen molar-refractivity contribution in [3.05, 3.63) is 40.4 Å². The van der Waals surface area contributed by atoms with Crippen LogP contribution in [0.5, 0.6) is 0 Å². The smallest absolute Gasteiger partial charge is 0.264 e. The van der Waals surface area contributed by atoms with E-state index < -0.39 is 16.4 Å². The highest BCUT2D eigenvalue weighted by Gasteiger charge is 2.62. The summed E-state index contributed by atoms with van der Waals surface area (Å²) in [5, 5.41) is 16.8. The van der Waals surface area contributed by atoms with Crippen LogP contribution >= 0.6 is 0 Å². The molecular weight excluding hydrogens is 246 g/mol. The van der Waals surface area contributed by atoms with E-state index in [1.807, 2.05) is 6.07 Å². The molecule has 2 aliphatic rings. The molecule has 3 rings (SSSR count). The van der Waals surface area contributed by atoms with Gasteiger partial charge in [-0.25, -0.2) is 0 Å². The van der Waals surface area contributed by atoms with Gasteiger partial charge in [0.1, 0.15) is 5.71 Å². The fourth-order valence-electron chi connectivity index (χ4n) is 2.75. The summed E-state index contributed by atoms with van der Waals surface area (Å²) in [5.41, 5.74) is -0.637. The van der Waals surface area contributed by atoms with Crippen LogP contribution in [0.25, 0.3) is 0 Å². The van der Waals surface area contributed by atoms with Crippen LogP contribution in [0, 0.1) is 10.1 Å². The van der Waals surface area contributed by atoms with Crippen molar-refractivity contribution in [3.63, 3.8) is 0 Å². The van der Waals surface area contributed by atoms with Crippen LogP contribution in [-0.4, -0.2) is 22.1 Å². The number of hydrogen-bond acceptors (Lipinski definition) is 4. The first kappa shape index (κ1) is 11.8. The number of para-hydroxylation sites is 1. The maximum absolute atomic E-state index is 12.5. The Hall–Kier alpha value is -2.24. The van der Waals surface area contributed by atoms with Gasteiger partial charge in [0.25, 0.3) is 0 Å². The van der Waals surface area contributed by atoms with Crippen molar-refractivity contribution < 1.29 is 9.72 Å². The van der Waals surface area contributed by atoms with Crippen molar-refractivity contribution in [1.29, 1.82) is 0 Å². The summed E-state index contributed by atoms with van der Waals surface area (Å²) in [6.07, 6.45) is 2.32. The highest BCUT2D eigenvalue weighted by atomic mass is 16.6. The molecular formula is C13H13N3O3. The van der Waals surface area contributed by atoms with Crippen molar-refractivity contribution in [2.45, 2.75) is 31.2 Å². The first-order valence-corrected chi connectivity index (χ1v) is 6.28. The summed E-state index contributed by atoms with van der Waals surface area (Å²) < 4.78 is 0. The maximum Gasteiger partial charge on any atom is 0.340 e. The molecule has 0 bridgehead atoms. The normalized spacial score (nSPS) is 26.0. The van der Waals surface area contributed by atoms with Crippen LogP contribution < -0.4 is 5.01 Å². The molecule has 1 saturated carbocycles. The maximum atomic E-state index is 12.5. The number of carbonyl (C=O) groups excluding carboxylic acids is 1. The standard InChI is InChI=1S/C13H13N3O3/c17-12-13(16(18)19)9-5-4-8-11(13)14-15(12)10-6-2-1-3-7-10/h1-3,6-7H,4-5,8-9H2. The van der Waals surface area contributed by atoms with Gasteiger partial charge in [-0.05, 0) is 31.4 Å². The molecule has 1 atom stereocenters. The van der Waals surface area contributed by atoms with Gasteiger partial charge < -0.3 is 0 Å². The monoisotopic (exact) mass is 259 g/mol. The average molecular weight is 259 g/mol. The summed E-state index contributed by atoms with van der Waals surface area (Å²) in [7, 11) is 0. The van der Waals surface area contributed by atoms with Crippen molar-refractivity contribution in [1.82, 2.24) is 0 Å². The Morgan fingerprint density at radius 2 is 2.00 bits per heavy atom. The van der Waals surface area contributed by atoms with Gasteiger partial charge in [-0.15, -0.1) is 0 Å². The summed E-state index contributed by atoms with van der Waals surface area (Å²) in [4.78, 5) is 23.4. The zero-order valence-corrected chi connectivity index (χ0v) is 10.3. The minimum atomic E-state index is -1.62. The van der Waals surface area contributed by atoms with Crippen molar-refractivity contribution in [2.75, 3.05) is 5.01 Å². The predicted octanol–water partition coefficient (Wildman–Crippen LogP) is 1.98. The van der Waals surface area contributed by atoms with E-state index >= 15 is 0 Å². The third-order valence-electron chi connectivity index (χ3n) is 3.76. The second-order valence-corrected chi connectivity index (χ2v) is 4.82.